The first-order valence-corrected chi connectivity index (χ1v) is 9.80. The molecule has 4 rings (SSSR count). The van der Waals surface area contributed by atoms with Crippen LogP contribution in [0.2, 0.25) is 0 Å². The van der Waals surface area contributed by atoms with Crippen molar-refractivity contribution in [3.05, 3.63) is 45.8 Å². The van der Waals surface area contributed by atoms with Gasteiger partial charge in [0.15, 0.2) is 11.6 Å². The topological polar surface area (TPSA) is 107 Å². The Morgan fingerprint density at radius 2 is 2.03 bits per heavy atom. The van der Waals surface area contributed by atoms with Gasteiger partial charge in [-0.2, -0.15) is 4.98 Å². The normalized spacial score (nSPS) is 21.0. The van der Waals surface area contributed by atoms with E-state index in [1.165, 1.54) is 6.07 Å². The zero-order valence-electron chi connectivity index (χ0n) is 16.3. The molecule has 2 atom stereocenters. The number of hydrogen-bond acceptors (Lipinski definition) is 5. The summed E-state index contributed by atoms with van der Waals surface area (Å²) < 4.78 is 26.5. The van der Waals surface area contributed by atoms with Crippen LogP contribution in [0.4, 0.5) is 26.2 Å². The van der Waals surface area contributed by atoms with Crippen molar-refractivity contribution in [1.82, 2.24) is 9.97 Å². The summed E-state index contributed by atoms with van der Waals surface area (Å²) in [7, 11) is 0. The maximum atomic E-state index is 13.4. The van der Waals surface area contributed by atoms with Crippen molar-refractivity contribution in [3.8, 4) is 0 Å². The summed E-state index contributed by atoms with van der Waals surface area (Å²) in [6.07, 6.45) is 2.77. The molecule has 10 heteroatoms. The molecule has 2 aliphatic rings. The number of H-pyrrole nitrogens is 1. The van der Waals surface area contributed by atoms with Crippen LogP contribution in [0.5, 0.6) is 0 Å². The molecule has 2 amide bonds. The third-order valence-electron chi connectivity index (χ3n) is 5.52. The number of benzene rings is 1. The number of hydrogen-bond donors (Lipinski definition) is 3. The van der Waals surface area contributed by atoms with Crippen molar-refractivity contribution in [2.75, 3.05) is 22.1 Å². The lowest BCUT2D eigenvalue weighted by Gasteiger charge is -2.34. The fraction of sp³-hybridized carbons (Fsp3) is 0.400. The average Bonchev–Trinajstić information content (AvgIpc) is 2.70. The van der Waals surface area contributed by atoms with E-state index < -0.39 is 34.9 Å². The fourth-order valence-electron chi connectivity index (χ4n) is 3.94. The molecule has 1 aromatic heterocycles. The highest BCUT2D eigenvalue weighted by Gasteiger charge is 2.35. The van der Waals surface area contributed by atoms with E-state index in [9.17, 15) is 23.2 Å². The molecule has 30 heavy (non-hydrogen) atoms. The molecule has 0 spiro atoms. The number of rotatable bonds is 3. The van der Waals surface area contributed by atoms with E-state index in [0.29, 0.717) is 5.95 Å². The number of aromatic nitrogens is 2. The third kappa shape index (κ3) is 3.77. The molecule has 8 nitrogen and oxygen atoms in total. The summed E-state index contributed by atoms with van der Waals surface area (Å²) in [4.78, 5) is 46.9. The zero-order valence-corrected chi connectivity index (χ0v) is 16.3. The Balaban J connectivity index is 1.65. The minimum atomic E-state index is -1.12. The van der Waals surface area contributed by atoms with Crippen LogP contribution in [0.15, 0.2) is 23.0 Å². The zero-order chi connectivity index (χ0) is 21.4. The molecule has 3 heterocycles. The van der Waals surface area contributed by atoms with Gasteiger partial charge in [-0.25, -0.2) is 8.78 Å². The minimum Gasteiger partial charge on any atom is -0.340 e. The van der Waals surface area contributed by atoms with Gasteiger partial charge in [0.25, 0.3) is 5.56 Å². The van der Waals surface area contributed by atoms with Crippen molar-refractivity contribution in [1.29, 1.82) is 0 Å². The monoisotopic (exact) mass is 417 g/mol. The van der Waals surface area contributed by atoms with E-state index in [1.807, 2.05) is 11.8 Å². The van der Waals surface area contributed by atoms with Crippen molar-refractivity contribution in [2.24, 2.45) is 0 Å². The van der Waals surface area contributed by atoms with E-state index >= 15 is 0 Å². The van der Waals surface area contributed by atoms with Crippen LogP contribution in [0.25, 0.3) is 0 Å². The first-order valence-electron chi connectivity index (χ1n) is 9.80. The van der Waals surface area contributed by atoms with Crippen molar-refractivity contribution >= 4 is 29.3 Å². The number of halogens is 2. The number of carbonyl (C=O) groups excluding carboxylic acids is 2. The molecule has 2 aromatic rings. The molecule has 2 aliphatic heterocycles. The van der Waals surface area contributed by atoms with Crippen LogP contribution in [-0.4, -0.2) is 34.4 Å². The van der Waals surface area contributed by atoms with Crippen LogP contribution < -0.4 is 21.1 Å². The Morgan fingerprint density at radius 1 is 1.23 bits per heavy atom. The van der Waals surface area contributed by atoms with E-state index in [1.54, 1.807) is 0 Å². The Bertz CT molecular complexity index is 1070. The minimum absolute atomic E-state index is 0.0228. The van der Waals surface area contributed by atoms with Gasteiger partial charge in [-0.1, -0.05) is 0 Å². The Hall–Kier alpha value is -3.30. The Morgan fingerprint density at radius 3 is 2.77 bits per heavy atom. The summed E-state index contributed by atoms with van der Waals surface area (Å²) >= 11 is 0. The van der Waals surface area contributed by atoms with Crippen LogP contribution in [-0.2, 0) is 9.59 Å². The standard InChI is InChI=1S/C20H21F2N5O3/c1-10-4-2-3-7-27(10)20-25-17-16(19(30)26-20)12(9-15(28)24-17)18(29)23-11-5-6-13(21)14(22)8-11/h5-6,8,10,12H,2-4,7,9H2,1H3,(H,23,29)(H2,24,25,26,28,30)/t10-,12-/m1/s1. The molecule has 0 saturated carbocycles. The lowest BCUT2D eigenvalue weighted by Crippen LogP contribution is -2.42. The molecule has 3 N–H and O–H groups in total. The van der Waals surface area contributed by atoms with E-state index in [-0.39, 0.29) is 29.5 Å². The average molecular weight is 417 g/mol. The molecule has 1 aromatic carbocycles. The molecule has 1 saturated heterocycles. The smallest absolute Gasteiger partial charge is 0.258 e. The highest BCUT2D eigenvalue weighted by atomic mass is 19.2. The number of amides is 2. The molecule has 0 radical (unpaired) electrons. The third-order valence-corrected chi connectivity index (χ3v) is 5.52. The largest absolute Gasteiger partial charge is 0.340 e. The first kappa shape index (κ1) is 20.0. The highest BCUT2D eigenvalue weighted by Crippen LogP contribution is 2.31. The van der Waals surface area contributed by atoms with Crippen LogP contribution in [0, 0.1) is 11.6 Å². The highest BCUT2D eigenvalue weighted by molar-refractivity contribution is 6.04. The van der Waals surface area contributed by atoms with Gasteiger partial charge < -0.3 is 15.5 Å². The van der Waals surface area contributed by atoms with Gasteiger partial charge in [-0.3, -0.25) is 19.4 Å². The van der Waals surface area contributed by atoms with Crippen LogP contribution >= 0.6 is 0 Å². The second-order valence-corrected chi connectivity index (χ2v) is 7.61. The van der Waals surface area contributed by atoms with Crippen molar-refractivity contribution in [3.63, 3.8) is 0 Å². The van der Waals surface area contributed by atoms with Gasteiger partial charge in [0.2, 0.25) is 17.8 Å². The molecule has 0 aliphatic carbocycles. The van der Waals surface area contributed by atoms with Crippen molar-refractivity contribution in [2.45, 2.75) is 44.6 Å². The number of nitrogens with zero attached hydrogens (tertiary/aromatic N) is 2. The van der Waals surface area contributed by atoms with Crippen molar-refractivity contribution < 1.29 is 18.4 Å². The second-order valence-electron chi connectivity index (χ2n) is 7.61. The fourth-order valence-corrected chi connectivity index (χ4v) is 3.94. The van der Waals surface area contributed by atoms with Gasteiger partial charge >= 0.3 is 0 Å². The predicted octanol–water partition coefficient (Wildman–Crippen LogP) is 2.49. The lowest BCUT2D eigenvalue weighted by molar-refractivity contribution is -0.123. The number of nitrogens with one attached hydrogen (secondary N) is 3. The summed E-state index contributed by atoms with van der Waals surface area (Å²) in [5.74, 6) is -4.00. The van der Waals surface area contributed by atoms with E-state index in [2.05, 4.69) is 20.6 Å². The number of aromatic amines is 1. The summed E-state index contributed by atoms with van der Waals surface area (Å²) in [5, 5.41) is 5.01. The van der Waals surface area contributed by atoms with Gasteiger partial charge in [0, 0.05) is 30.8 Å². The molecular weight excluding hydrogens is 396 g/mol. The SMILES string of the molecule is C[C@@H]1CCCCN1c1nc2c(c(=O)[nH]1)[C@H](C(=O)Nc1ccc(F)c(F)c1)CC(=O)N2. The van der Waals surface area contributed by atoms with Crippen LogP contribution in [0.1, 0.15) is 44.1 Å². The van der Waals surface area contributed by atoms with Gasteiger partial charge in [0.05, 0.1) is 11.5 Å². The Kier molecular flexibility index (Phi) is 5.23. The molecule has 1 fully saturated rings. The number of piperidine rings is 1. The molecule has 0 unspecified atom stereocenters. The summed E-state index contributed by atoms with van der Waals surface area (Å²) in [6, 6.07) is 3.10. The lowest BCUT2D eigenvalue weighted by atomic mass is 9.92. The quantitative estimate of drug-likeness (QED) is 0.711. The van der Waals surface area contributed by atoms with E-state index in [4.69, 9.17) is 0 Å². The molecule has 0 bridgehead atoms. The van der Waals surface area contributed by atoms with Gasteiger partial charge in [-0.15, -0.1) is 0 Å². The van der Waals surface area contributed by atoms with E-state index in [0.717, 1.165) is 37.9 Å². The summed E-state index contributed by atoms with van der Waals surface area (Å²) in [5.41, 5.74) is -0.448. The summed E-state index contributed by atoms with van der Waals surface area (Å²) in [6.45, 7) is 2.77. The number of fused-ring (bicyclic) bond motifs is 1. The maximum absolute atomic E-state index is 13.4. The van der Waals surface area contributed by atoms with Gasteiger partial charge in [-0.05, 0) is 38.3 Å². The van der Waals surface area contributed by atoms with Gasteiger partial charge in [0.1, 0.15) is 5.82 Å². The predicted molar refractivity (Wildman–Crippen MR) is 106 cm³/mol. The van der Waals surface area contributed by atoms with Crippen LogP contribution in [0.3, 0.4) is 0 Å². The number of anilines is 3. The molecule has 158 valence electrons. The number of carbonyl (C=O) groups is 2. The maximum Gasteiger partial charge on any atom is 0.258 e. The second kappa shape index (κ2) is 7.85. The first-order chi connectivity index (χ1) is 14.3. The Labute approximate surface area is 170 Å². The molecular formula is C20H21F2N5O3.